The van der Waals surface area contributed by atoms with Gasteiger partial charge in [0.15, 0.2) is 0 Å². The van der Waals surface area contributed by atoms with Crippen LogP contribution in [0.15, 0.2) is 48.5 Å². The number of rotatable bonds is 3. The summed E-state index contributed by atoms with van der Waals surface area (Å²) in [4.78, 5) is 15.1. The number of carboxylic acid groups (broad SMARTS) is 1. The molecule has 2 heterocycles. The van der Waals surface area contributed by atoms with Crippen LogP contribution in [0.3, 0.4) is 0 Å². The third-order valence-corrected chi connectivity index (χ3v) is 4.66. The van der Waals surface area contributed by atoms with Gasteiger partial charge in [0.05, 0.1) is 13.2 Å². The van der Waals surface area contributed by atoms with Crippen LogP contribution in [-0.2, 0) is 11.2 Å². The Hall–Kier alpha value is -2.79. The highest BCUT2D eigenvalue weighted by Gasteiger charge is 2.34. The zero-order valence-electron chi connectivity index (χ0n) is 13.2. The van der Waals surface area contributed by atoms with Crippen LogP contribution in [0, 0.1) is 0 Å². The van der Waals surface area contributed by atoms with Gasteiger partial charge in [-0.15, -0.1) is 0 Å². The first kappa shape index (κ1) is 14.8. The molecule has 0 amide bonds. The maximum atomic E-state index is 11.6. The number of aromatic nitrogens is 1. The molecule has 0 bridgehead atoms. The molecule has 0 saturated carbocycles. The molecule has 5 heteroatoms. The van der Waals surface area contributed by atoms with Gasteiger partial charge in [0, 0.05) is 28.6 Å². The van der Waals surface area contributed by atoms with Crippen LogP contribution in [0.1, 0.15) is 22.9 Å². The second kappa shape index (κ2) is 5.69. The van der Waals surface area contributed by atoms with Gasteiger partial charge < -0.3 is 14.8 Å². The predicted molar refractivity (Wildman–Crippen MR) is 91.4 cm³/mol. The maximum Gasteiger partial charge on any atom is 0.321 e. The molecule has 0 fully saturated rings. The summed E-state index contributed by atoms with van der Waals surface area (Å²) in [6.45, 7) is 0. The number of fused-ring (bicyclic) bond motifs is 3. The summed E-state index contributed by atoms with van der Waals surface area (Å²) in [5.74, 6) is -0.100. The van der Waals surface area contributed by atoms with Crippen LogP contribution in [-0.4, -0.2) is 29.2 Å². The van der Waals surface area contributed by atoms with Gasteiger partial charge in [0.2, 0.25) is 0 Å². The van der Waals surface area contributed by atoms with Crippen LogP contribution < -0.4 is 10.1 Å². The van der Waals surface area contributed by atoms with Crippen LogP contribution in [0.2, 0.25) is 0 Å². The minimum Gasteiger partial charge on any atom is -0.496 e. The van der Waals surface area contributed by atoms with Crippen molar-refractivity contribution in [1.29, 1.82) is 0 Å². The summed E-state index contributed by atoms with van der Waals surface area (Å²) in [6.07, 6.45) is 0.459. The highest BCUT2D eigenvalue weighted by Crippen LogP contribution is 2.38. The molecule has 24 heavy (non-hydrogen) atoms. The largest absolute Gasteiger partial charge is 0.496 e. The quantitative estimate of drug-likeness (QED) is 0.693. The lowest BCUT2D eigenvalue weighted by molar-refractivity contribution is -0.139. The molecule has 5 nitrogen and oxygen atoms in total. The summed E-state index contributed by atoms with van der Waals surface area (Å²) in [5.41, 5.74) is 4.03. The van der Waals surface area contributed by atoms with Crippen LogP contribution in [0.25, 0.3) is 10.9 Å². The fraction of sp³-hybridized carbons (Fsp3) is 0.211. The predicted octanol–water partition coefficient (Wildman–Crippen LogP) is 2.86. The number of carboxylic acids is 1. The summed E-state index contributed by atoms with van der Waals surface area (Å²) in [5, 5.41) is 13.9. The number of H-pyrrole nitrogens is 1. The van der Waals surface area contributed by atoms with Crippen molar-refractivity contribution in [2.45, 2.75) is 18.5 Å². The number of benzene rings is 2. The zero-order valence-corrected chi connectivity index (χ0v) is 13.2. The number of aliphatic carboxylic acids is 1. The third-order valence-electron chi connectivity index (χ3n) is 4.66. The lowest BCUT2D eigenvalue weighted by Gasteiger charge is -2.30. The van der Waals surface area contributed by atoms with Crippen molar-refractivity contribution in [2.24, 2.45) is 0 Å². The Morgan fingerprint density at radius 2 is 1.92 bits per heavy atom. The van der Waals surface area contributed by atoms with E-state index >= 15 is 0 Å². The molecule has 3 N–H and O–H groups in total. The Morgan fingerprint density at radius 1 is 1.17 bits per heavy atom. The van der Waals surface area contributed by atoms with Crippen molar-refractivity contribution in [2.75, 3.05) is 7.11 Å². The molecule has 0 spiro atoms. The van der Waals surface area contributed by atoms with E-state index in [4.69, 9.17) is 4.74 Å². The van der Waals surface area contributed by atoms with Gasteiger partial charge >= 0.3 is 5.97 Å². The minimum atomic E-state index is -0.842. The van der Waals surface area contributed by atoms with Crippen molar-refractivity contribution in [1.82, 2.24) is 10.3 Å². The molecule has 2 atom stereocenters. The Morgan fingerprint density at radius 3 is 2.71 bits per heavy atom. The Labute approximate surface area is 139 Å². The van der Waals surface area contributed by atoms with Crippen molar-refractivity contribution in [3.05, 3.63) is 65.4 Å². The number of carbonyl (C=O) groups is 1. The second-order valence-electron chi connectivity index (χ2n) is 6.00. The van der Waals surface area contributed by atoms with E-state index in [1.165, 1.54) is 0 Å². The Kier molecular flexibility index (Phi) is 3.50. The highest BCUT2D eigenvalue weighted by molar-refractivity contribution is 5.87. The highest BCUT2D eigenvalue weighted by atomic mass is 16.5. The molecule has 0 aliphatic carbocycles. The van der Waals surface area contributed by atoms with E-state index in [-0.39, 0.29) is 6.04 Å². The first-order chi connectivity index (χ1) is 11.7. The smallest absolute Gasteiger partial charge is 0.321 e. The molecular weight excluding hydrogens is 304 g/mol. The number of nitrogens with one attached hydrogen (secondary N) is 2. The molecular formula is C19H18N2O3. The molecule has 1 unspecified atom stereocenters. The van der Waals surface area contributed by atoms with E-state index < -0.39 is 12.0 Å². The Balaban J connectivity index is 1.93. The van der Waals surface area contributed by atoms with Gasteiger partial charge in [-0.1, -0.05) is 36.4 Å². The SMILES string of the molecule is COc1ccccc1C1N[C@H](C(=O)O)Cc2c1[nH]c1ccccc21. The number of aromatic amines is 1. The molecule has 1 aliphatic rings. The van der Waals surface area contributed by atoms with Crippen molar-refractivity contribution < 1.29 is 14.6 Å². The summed E-state index contributed by atoms with van der Waals surface area (Å²) < 4.78 is 5.48. The summed E-state index contributed by atoms with van der Waals surface area (Å²) >= 11 is 0. The topological polar surface area (TPSA) is 74.3 Å². The van der Waals surface area contributed by atoms with Crippen LogP contribution in [0.4, 0.5) is 0 Å². The molecule has 1 aromatic heterocycles. The first-order valence-electron chi connectivity index (χ1n) is 7.90. The average Bonchev–Trinajstić information content (AvgIpc) is 2.99. The van der Waals surface area contributed by atoms with E-state index in [2.05, 4.69) is 10.3 Å². The average molecular weight is 322 g/mol. The minimum absolute atomic E-state index is 0.251. The number of methoxy groups -OCH3 is 1. The molecule has 2 aromatic carbocycles. The lowest BCUT2D eigenvalue weighted by Crippen LogP contribution is -2.45. The number of para-hydroxylation sites is 2. The van der Waals surface area contributed by atoms with Gasteiger partial charge in [-0.25, -0.2) is 0 Å². The molecule has 1 aliphatic heterocycles. The molecule has 0 saturated heterocycles. The maximum absolute atomic E-state index is 11.6. The summed E-state index contributed by atoms with van der Waals surface area (Å²) in [6, 6.07) is 14.8. The van der Waals surface area contributed by atoms with Crippen molar-refractivity contribution in [3.8, 4) is 5.75 Å². The molecule has 4 rings (SSSR count). The fourth-order valence-corrected chi connectivity index (χ4v) is 3.54. The van der Waals surface area contributed by atoms with Gasteiger partial charge in [-0.05, 0) is 17.7 Å². The van der Waals surface area contributed by atoms with E-state index in [1.54, 1.807) is 7.11 Å². The second-order valence-corrected chi connectivity index (χ2v) is 6.00. The lowest BCUT2D eigenvalue weighted by atomic mass is 9.90. The van der Waals surface area contributed by atoms with Crippen molar-refractivity contribution >= 4 is 16.9 Å². The fourth-order valence-electron chi connectivity index (χ4n) is 3.54. The Bertz CT molecular complexity index is 916. The van der Waals surface area contributed by atoms with Crippen LogP contribution >= 0.6 is 0 Å². The molecule has 0 radical (unpaired) electrons. The zero-order chi connectivity index (χ0) is 16.7. The van der Waals surface area contributed by atoms with Crippen LogP contribution in [0.5, 0.6) is 5.75 Å². The van der Waals surface area contributed by atoms with Gasteiger partial charge in [0.1, 0.15) is 11.8 Å². The molecule has 122 valence electrons. The van der Waals surface area contributed by atoms with E-state index in [1.807, 2.05) is 48.5 Å². The number of hydrogen-bond acceptors (Lipinski definition) is 3. The normalized spacial score (nSPS) is 19.9. The van der Waals surface area contributed by atoms with Crippen molar-refractivity contribution in [3.63, 3.8) is 0 Å². The first-order valence-corrected chi connectivity index (χ1v) is 7.90. The number of ether oxygens (including phenoxy) is 1. The van der Waals surface area contributed by atoms with Gasteiger partial charge in [0.25, 0.3) is 0 Å². The van der Waals surface area contributed by atoms with Gasteiger partial charge in [-0.3, -0.25) is 10.1 Å². The van der Waals surface area contributed by atoms with E-state index in [0.29, 0.717) is 6.42 Å². The van der Waals surface area contributed by atoms with E-state index in [9.17, 15) is 9.90 Å². The van der Waals surface area contributed by atoms with E-state index in [0.717, 1.165) is 33.5 Å². The standard InChI is InChI=1S/C19H18N2O3/c1-24-16-9-5-3-7-12(16)17-18-13(10-15(21-17)19(22)23)11-6-2-4-8-14(11)20-18/h2-9,15,17,20-21H,10H2,1H3,(H,22,23)/t15-,17?/m0/s1. The monoisotopic (exact) mass is 322 g/mol. The van der Waals surface area contributed by atoms with Gasteiger partial charge in [-0.2, -0.15) is 0 Å². The third kappa shape index (κ3) is 2.25. The molecule has 3 aromatic rings. The number of hydrogen-bond donors (Lipinski definition) is 3. The summed E-state index contributed by atoms with van der Waals surface area (Å²) in [7, 11) is 1.63.